The highest BCUT2D eigenvalue weighted by Crippen LogP contribution is 2.23. The zero-order valence-electron chi connectivity index (χ0n) is 9.59. The molecule has 1 atom stereocenters. The summed E-state index contributed by atoms with van der Waals surface area (Å²) in [6.45, 7) is -0.0417. The highest BCUT2D eigenvalue weighted by atomic mass is 16.2. The number of carbonyl (C=O) groups excluding carboxylic acids is 3. The number of aldehydes is 1. The summed E-state index contributed by atoms with van der Waals surface area (Å²) in [5.74, 6) is -1.08. The van der Waals surface area contributed by atoms with Crippen molar-refractivity contribution in [3.8, 4) is 0 Å². The molecule has 1 saturated heterocycles. The van der Waals surface area contributed by atoms with Gasteiger partial charge in [0.2, 0.25) is 11.8 Å². The van der Waals surface area contributed by atoms with Crippen LogP contribution in [0.4, 0.5) is 0 Å². The minimum Gasteiger partial charge on any atom is -0.308 e. The average molecular weight is 248 g/mol. The van der Waals surface area contributed by atoms with Crippen molar-refractivity contribution < 1.29 is 14.4 Å². The van der Waals surface area contributed by atoms with Gasteiger partial charge in [-0.2, -0.15) is 0 Å². The summed E-state index contributed by atoms with van der Waals surface area (Å²) in [6.07, 6.45) is 2.82. The minimum absolute atomic E-state index is 0.0417. The Balaban J connectivity index is 2.30. The summed E-state index contributed by atoms with van der Waals surface area (Å²) in [4.78, 5) is 44.6. The second-order valence-electron chi connectivity index (χ2n) is 4.12. The van der Waals surface area contributed by atoms with Crippen LogP contribution >= 0.6 is 0 Å². The van der Waals surface area contributed by atoms with Crippen molar-refractivity contribution in [1.82, 2.24) is 9.88 Å². The van der Waals surface area contributed by atoms with Crippen LogP contribution in [0.15, 0.2) is 23.1 Å². The molecule has 2 amide bonds. The fourth-order valence-electron chi connectivity index (χ4n) is 1.99. The largest absolute Gasteiger partial charge is 0.308 e. The van der Waals surface area contributed by atoms with Crippen LogP contribution in [0.25, 0.3) is 0 Å². The van der Waals surface area contributed by atoms with E-state index in [1.54, 1.807) is 6.07 Å². The molecule has 1 N–H and O–H groups in total. The van der Waals surface area contributed by atoms with E-state index in [0.717, 1.165) is 0 Å². The molecule has 0 spiro atoms. The third-order valence-electron chi connectivity index (χ3n) is 2.92. The summed E-state index contributed by atoms with van der Waals surface area (Å²) in [5.41, 5.74) is 0.347. The summed E-state index contributed by atoms with van der Waals surface area (Å²) in [6, 6.07) is 2.88. The molecule has 0 radical (unpaired) electrons. The Morgan fingerprint density at radius 1 is 1.33 bits per heavy atom. The van der Waals surface area contributed by atoms with Gasteiger partial charge in [0.15, 0.2) is 0 Å². The molecule has 1 aromatic heterocycles. The molecular weight excluding hydrogens is 236 g/mol. The Morgan fingerprint density at radius 2 is 2.11 bits per heavy atom. The summed E-state index contributed by atoms with van der Waals surface area (Å²) >= 11 is 0. The van der Waals surface area contributed by atoms with E-state index in [9.17, 15) is 19.2 Å². The van der Waals surface area contributed by atoms with Crippen LogP contribution in [0.5, 0.6) is 0 Å². The van der Waals surface area contributed by atoms with Gasteiger partial charge >= 0.3 is 0 Å². The van der Waals surface area contributed by atoms with Gasteiger partial charge in [-0.05, 0) is 12.0 Å². The Hall–Kier alpha value is -2.24. The molecule has 18 heavy (non-hydrogen) atoms. The molecule has 2 rings (SSSR count). The molecule has 1 fully saturated rings. The van der Waals surface area contributed by atoms with Crippen molar-refractivity contribution in [2.75, 3.05) is 0 Å². The van der Waals surface area contributed by atoms with E-state index in [4.69, 9.17) is 0 Å². The van der Waals surface area contributed by atoms with E-state index in [1.165, 1.54) is 16.8 Å². The van der Waals surface area contributed by atoms with E-state index in [0.29, 0.717) is 18.3 Å². The number of carbonyl (C=O) groups is 3. The van der Waals surface area contributed by atoms with Gasteiger partial charge in [-0.25, -0.2) is 0 Å². The topological polar surface area (TPSA) is 85.2 Å². The van der Waals surface area contributed by atoms with E-state index >= 15 is 0 Å². The number of hydrogen-bond acceptors (Lipinski definition) is 4. The van der Waals surface area contributed by atoms with Gasteiger partial charge in [-0.3, -0.25) is 19.7 Å². The molecule has 0 bridgehead atoms. The van der Waals surface area contributed by atoms with Gasteiger partial charge in [0.1, 0.15) is 6.29 Å². The SMILES string of the molecule is O=CCn1cc(C2CCC(=O)NC2=O)ccc1=O. The molecular formula is C12H12N2O4. The summed E-state index contributed by atoms with van der Waals surface area (Å²) in [7, 11) is 0. The van der Waals surface area contributed by atoms with Crippen LogP contribution in [0.2, 0.25) is 0 Å². The van der Waals surface area contributed by atoms with E-state index in [-0.39, 0.29) is 30.3 Å². The summed E-state index contributed by atoms with van der Waals surface area (Å²) < 4.78 is 1.24. The number of rotatable bonds is 3. The minimum atomic E-state index is -0.443. The zero-order chi connectivity index (χ0) is 13.1. The number of nitrogens with zero attached hydrogens (tertiary/aromatic N) is 1. The highest BCUT2D eigenvalue weighted by molar-refractivity contribution is 6.00. The van der Waals surface area contributed by atoms with Crippen LogP contribution in [-0.2, 0) is 20.9 Å². The molecule has 1 aliphatic heterocycles. The van der Waals surface area contributed by atoms with Gasteiger partial charge < -0.3 is 9.36 Å². The third kappa shape index (κ3) is 2.37. The van der Waals surface area contributed by atoms with Crippen molar-refractivity contribution in [2.45, 2.75) is 25.3 Å². The standard InChI is InChI=1S/C12H12N2O4/c15-6-5-14-7-8(1-4-11(14)17)9-2-3-10(16)13-12(9)18/h1,4,6-7,9H,2-3,5H2,(H,13,16,18). The molecule has 0 aromatic carbocycles. The number of imide groups is 1. The van der Waals surface area contributed by atoms with Gasteiger partial charge in [0, 0.05) is 18.7 Å². The number of hydrogen-bond donors (Lipinski definition) is 1. The Morgan fingerprint density at radius 3 is 2.78 bits per heavy atom. The second-order valence-corrected chi connectivity index (χ2v) is 4.12. The first kappa shape index (κ1) is 12.2. The molecule has 1 aromatic rings. The Labute approximate surface area is 103 Å². The predicted molar refractivity (Wildman–Crippen MR) is 61.9 cm³/mol. The van der Waals surface area contributed by atoms with Crippen LogP contribution < -0.4 is 10.9 Å². The lowest BCUT2D eigenvalue weighted by atomic mass is 9.92. The number of nitrogens with one attached hydrogen (secondary N) is 1. The Kier molecular flexibility index (Phi) is 3.36. The fraction of sp³-hybridized carbons (Fsp3) is 0.333. The zero-order valence-corrected chi connectivity index (χ0v) is 9.59. The maximum absolute atomic E-state index is 11.7. The lowest BCUT2D eigenvalue weighted by Crippen LogP contribution is -2.39. The van der Waals surface area contributed by atoms with Crippen LogP contribution in [0.3, 0.4) is 0 Å². The quantitative estimate of drug-likeness (QED) is 0.581. The third-order valence-corrected chi connectivity index (χ3v) is 2.92. The fourth-order valence-corrected chi connectivity index (χ4v) is 1.99. The van der Waals surface area contributed by atoms with E-state index in [1.807, 2.05) is 0 Å². The number of aromatic nitrogens is 1. The van der Waals surface area contributed by atoms with Crippen LogP contribution in [-0.4, -0.2) is 22.7 Å². The van der Waals surface area contributed by atoms with Crippen molar-refractivity contribution in [1.29, 1.82) is 0 Å². The maximum Gasteiger partial charge on any atom is 0.250 e. The van der Waals surface area contributed by atoms with Crippen LogP contribution in [0.1, 0.15) is 24.3 Å². The molecule has 0 saturated carbocycles. The van der Waals surface area contributed by atoms with Crippen molar-refractivity contribution >= 4 is 18.1 Å². The molecule has 2 heterocycles. The molecule has 1 aliphatic rings. The van der Waals surface area contributed by atoms with E-state index < -0.39 is 5.92 Å². The number of piperidine rings is 1. The molecule has 6 nitrogen and oxygen atoms in total. The highest BCUT2D eigenvalue weighted by Gasteiger charge is 2.28. The molecule has 6 heteroatoms. The normalized spacial score (nSPS) is 19.4. The molecule has 94 valence electrons. The maximum atomic E-state index is 11.7. The number of amides is 2. The second kappa shape index (κ2) is 4.95. The van der Waals surface area contributed by atoms with Gasteiger partial charge in [-0.15, -0.1) is 0 Å². The average Bonchev–Trinajstić information content (AvgIpc) is 2.33. The first-order valence-corrected chi connectivity index (χ1v) is 5.59. The van der Waals surface area contributed by atoms with Crippen LogP contribution in [0, 0.1) is 0 Å². The van der Waals surface area contributed by atoms with E-state index in [2.05, 4.69) is 5.32 Å². The lowest BCUT2D eigenvalue weighted by Gasteiger charge is -2.21. The van der Waals surface area contributed by atoms with Gasteiger partial charge in [0.05, 0.1) is 12.5 Å². The predicted octanol–water partition coefficient (Wildman–Crippen LogP) is -0.433. The van der Waals surface area contributed by atoms with Gasteiger partial charge in [0.25, 0.3) is 5.56 Å². The first-order valence-electron chi connectivity index (χ1n) is 5.59. The Bertz CT molecular complexity index is 561. The lowest BCUT2D eigenvalue weighted by molar-refractivity contribution is -0.134. The monoisotopic (exact) mass is 248 g/mol. The van der Waals surface area contributed by atoms with Crippen molar-refractivity contribution in [2.24, 2.45) is 0 Å². The summed E-state index contributed by atoms with van der Waals surface area (Å²) in [5, 5.41) is 2.26. The molecule has 1 unspecified atom stereocenters. The van der Waals surface area contributed by atoms with Gasteiger partial charge in [-0.1, -0.05) is 6.07 Å². The first-order chi connectivity index (χ1) is 8.61. The van der Waals surface area contributed by atoms with Crippen molar-refractivity contribution in [3.05, 3.63) is 34.2 Å². The smallest absolute Gasteiger partial charge is 0.250 e. The molecule has 0 aliphatic carbocycles. The van der Waals surface area contributed by atoms with Crippen molar-refractivity contribution in [3.63, 3.8) is 0 Å². The number of pyridine rings is 1.